The summed E-state index contributed by atoms with van der Waals surface area (Å²) in [6.45, 7) is 1.92. The molecule has 0 fully saturated rings. The van der Waals surface area contributed by atoms with Gasteiger partial charge in [-0.15, -0.1) is 0 Å². The van der Waals surface area contributed by atoms with Crippen molar-refractivity contribution in [3.05, 3.63) is 64.1 Å². The van der Waals surface area contributed by atoms with Crippen LogP contribution in [0, 0.1) is 6.92 Å². The highest BCUT2D eigenvalue weighted by molar-refractivity contribution is 9.10. The van der Waals surface area contributed by atoms with Crippen molar-refractivity contribution in [2.45, 2.75) is 6.92 Å². The Morgan fingerprint density at radius 3 is 2.52 bits per heavy atom. The predicted molar refractivity (Wildman–Crippen MR) is 83.9 cm³/mol. The van der Waals surface area contributed by atoms with E-state index >= 15 is 0 Å². The second kappa shape index (κ2) is 5.30. The van der Waals surface area contributed by atoms with Crippen LogP contribution in [0.3, 0.4) is 0 Å². The highest BCUT2D eigenvalue weighted by Gasteiger charge is 2.10. The highest BCUT2D eigenvalue weighted by atomic mass is 79.9. The van der Waals surface area contributed by atoms with Crippen molar-refractivity contribution in [1.29, 1.82) is 0 Å². The molecule has 3 aromatic rings. The minimum atomic E-state index is -1.19. The molecule has 4 heteroatoms. The number of fused-ring (bicyclic) bond motifs is 1. The fraction of sp³-hybridized carbons (Fsp3) is 0.0588. The largest absolute Gasteiger partial charge is 0.545 e. The Hall–Kier alpha value is -2.20. The standard InChI is InChI=1S/C17H12BrNO2/c1-10-3-2-4-13-14(17(20)21)9-15(19-16(10)13)11-5-7-12(18)8-6-11/h2-9H,1H3,(H,20,21)/p-1. The summed E-state index contributed by atoms with van der Waals surface area (Å²) in [6, 6.07) is 14.7. The number of halogens is 1. The molecule has 0 aliphatic heterocycles. The van der Waals surface area contributed by atoms with E-state index in [1.165, 1.54) is 0 Å². The molecular formula is C17H11BrNO2-. The number of carboxylic acid groups (broad SMARTS) is 1. The number of carboxylic acids is 1. The number of para-hydroxylation sites is 1. The Labute approximate surface area is 130 Å². The average molecular weight is 341 g/mol. The van der Waals surface area contributed by atoms with E-state index in [0.29, 0.717) is 16.6 Å². The molecule has 0 atom stereocenters. The first kappa shape index (κ1) is 13.8. The summed E-state index contributed by atoms with van der Waals surface area (Å²) in [7, 11) is 0. The number of aromatic carboxylic acids is 1. The van der Waals surface area contributed by atoms with Crippen LogP contribution >= 0.6 is 15.9 Å². The molecule has 21 heavy (non-hydrogen) atoms. The van der Waals surface area contributed by atoms with E-state index in [-0.39, 0.29) is 5.56 Å². The highest BCUT2D eigenvalue weighted by Crippen LogP contribution is 2.27. The molecule has 0 saturated carbocycles. The van der Waals surface area contributed by atoms with E-state index in [0.717, 1.165) is 15.6 Å². The number of benzene rings is 2. The molecule has 1 heterocycles. The van der Waals surface area contributed by atoms with Gasteiger partial charge in [-0.25, -0.2) is 4.98 Å². The molecule has 0 radical (unpaired) electrons. The lowest BCUT2D eigenvalue weighted by Gasteiger charge is -2.12. The van der Waals surface area contributed by atoms with Crippen LogP contribution in [0.25, 0.3) is 22.2 Å². The quantitative estimate of drug-likeness (QED) is 0.718. The van der Waals surface area contributed by atoms with Gasteiger partial charge in [-0.1, -0.05) is 46.3 Å². The maximum absolute atomic E-state index is 11.4. The smallest absolute Gasteiger partial charge is 0.0745 e. The van der Waals surface area contributed by atoms with Crippen LogP contribution in [0.15, 0.2) is 53.0 Å². The SMILES string of the molecule is Cc1cccc2c(C(=O)[O-])cc(-c3ccc(Br)cc3)nc12. The van der Waals surface area contributed by atoms with Crippen LogP contribution in [0.2, 0.25) is 0 Å². The Balaban J connectivity index is 2.32. The van der Waals surface area contributed by atoms with Gasteiger partial charge in [0.05, 0.1) is 17.2 Å². The monoisotopic (exact) mass is 340 g/mol. The van der Waals surface area contributed by atoms with Crippen LogP contribution < -0.4 is 5.11 Å². The van der Waals surface area contributed by atoms with Gasteiger partial charge in [0.2, 0.25) is 0 Å². The van der Waals surface area contributed by atoms with Crippen molar-refractivity contribution >= 4 is 32.8 Å². The number of pyridine rings is 1. The molecule has 0 saturated heterocycles. The summed E-state index contributed by atoms with van der Waals surface area (Å²) in [4.78, 5) is 16.0. The number of hydrogen-bond donors (Lipinski definition) is 0. The van der Waals surface area contributed by atoms with Crippen molar-refractivity contribution in [2.24, 2.45) is 0 Å². The molecule has 2 aromatic carbocycles. The lowest BCUT2D eigenvalue weighted by Crippen LogP contribution is -2.22. The topological polar surface area (TPSA) is 53.0 Å². The molecule has 0 spiro atoms. The number of hydrogen-bond acceptors (Lipinski definition) is 3. The number of carbonyl (C=O) groups excluding carboxylic acids is 1. The Morgan fingerprint density at radius 2 is 1.86 bits per heavy atom. The fourth-order valence-corrected chi connectivity index (χ4v) is 2.59. The van der Waals surface area contributed by atoms with Crippen LogP contribution in [-0.4, -0.2) is 11.0 Å². The summed E-state index contributed by atoms with van der Waals surface area (Å²) in [5.74, 6) is -1.19. The van der Waals surface area contributed by atoms with E-state index in [9.17, 15) is 9.90 Å². The third-order valence-corrected chi connectivity index (χ3v) is 3.93. The lowest BCUT2D eigenvalue weighted by molar-refractivity contribution is -0.254. The summed E-state index contributed by atoms with van der Waals surface area (Å²) < 4.78 is 0.961. The van der Waals surface area contributed by atoms with Gasteiger partial charge in [-0.05, 0) is 30.7 Å². The second-order valence-electron chi connectivity index (χ2n) is 4.82. The maximum atomic E-state index is 11.4. The van der Waals surface area contributed by atoms with Crippen LogP contribution in [0.4, 0.5) is 0 Å². The lowest BCUT2D eigenvalue weighted by atomic mass is 10.0. The van der Waals surface area contributed by atoms with E-state index in [1.54, 1.807) is 12.1 Å². The molecule has 0 unspecified atom stereocenters. The molecule has 0 bridgehead atoms. The molecule has 0 aliphatic rings. The van der Waals surface area contributed by atoms with Crippen LogP contribution in [0.1, 0.15) is 15.9 Å². The van der Waals surface area contributed by atoms with Gasteiger partial charge in [0.25, 0.3) is 0 Å². The average Bonchev–Trinajstić information content (AvgIpc) is 2.47. The predicted octanol–water partition coefficient (Wildman–Crippen LogP) is 3.34. The van der Waals surface area contributed by atoms with Gasteiger partial charge in [-0.3, -0.25) is 0 Å². The van der Waals surface area contributed by atoms with E-state index in [4.69, 9.17) is 0 Å². The maximum Gasteiger partial charge on any atom is 0.0745 e. The number of rotatable bonds is 2. The number of nitrogens with zero attached hydrogens (tertiary/aromatic N) is 1. The van der Waals surface area contributed by atoms with Gasteiger partial charge in [0, 0.05) is 21.0 Å². The minimum absolute atomic E-state index is 0.168. The van der Waals surface area contributed by atoms with Crippen LogP contribution in [0.5, 0.6) is 0 Å². The third-order valence-electron chi connectivity index (χ3n) is 3.40. The minimum Gasteiger partial charge on any atom is -0.545 e. The van der Waals surface area contributed by atoms with Crippen molar-refractivity contribution in [1.82, 2.24) is 4.98 Å². The summed E-state index contributed by atoms with van der Waals surface area (Å²) in [5.41, 5.74) is 3.29. The first-order valence-corrected chi connectivity index (χ1v) is 7.23. The summed E-state index contributed by atoms with van der Waals surface area (Å²) in [5, 5.41) is 12.0. The zero-order valence-electron chi connectivity index (χ0n) is 11.3. The molecular weight excluding hydrogens is 330 g/mol. The van der Waals surface area contributed by atoms with Gasteiger partial charge in [0.15, 0.2) is 0 Å². The van der Waals surface area contributed by atoms with Gasteiger partial charge >= 0.3 is 0 Å². The van der Waals surface area contributed by atoms with Crippen molar-refractivity contribution < 1.29 is 9.90 Å². The second-order valence-corrected chi connectivity index (χ2v) is 5.74. The third kappa shape index (κ3) is 2.54. The first-order chi connectivity index (χ1) is 10.1. The zero-order chi connectivity index (χ0) is 15.0. The van der Waals surface area contributed by atoms with E-state index in [2.05, 4.69) is 20.9 Å². The number of aryl methyl sites for hydroxylation is 1. The van der Waals surface area contributed by atoms with Gasteiger partial charge in [-0.2, -0.15) is 0 Å². The Bertz CT molecular complexity index is 841. The molecule has 0 N–H and O–H groups in total. The molecule has 0 aliphatic carbocycles. The fourth-order valence-electron chi connectivity index (χ4n) is 2.33. The van der Waals surface area contributed by atoms with E-state index < -0.39 is 5.97 Å². The Morgan fingerprint density at radius 1 is 1.14 bits per heavy atom. The summed E-state index contributed by atoms with van der Waals surface area (Å²) >= 11 is 3.38. The molecule has 3 nitrogen and oxygen atoms in total. The van der Waals surface area contributed by atoms with Gasteiger partial charge < -0.3 is 9.90 Å². The first-order valence-electron chi connectivity index (χ1n) is 6.44. The molecule has 104 valence electrons. The molecule has 0 amide bonds. The summed E-state index contributed by atoms with van der Waals surface area (Å²) in [6.07, 6.45) is 0. The van der Waals surface area contributed by atoms with E-state index in [1.807, 2.05) is 43.3 Å². The van der Waals surface area contributed by atoms with Crippen LogP contribution in [-0.2, 0) is 0 Å². The normalized spacial score (nSPS) is 10.8. The number of aromatic nitrogens is 1. The van der Waals surface area contributed by atoms with Gasteiger partial charge in [0.1, 0.15) is 0 Å². The Kier molecular flexibility index (Phi) is 3.47. The van der Waals surface area contributed by atoms with Crippen molar-refractivity contribution in [3.63, 3.8) is 0 Å². The van der Waals surface area contributed by atoms with Crippen molar-refractivity contribution in [3.8, 4) is 11.3 Å². The molecule has 3 rings (SSSR count). The number of carbonyl (C=O) groups is 1. The molecule has 1 aromatic heterocycles. The zero-order valence-corrected chi connectivity index (χ0v) is 12.8. The van der Waals surface area contributed by atoms with Crippen molar-refractivity contribution in [2.75, 3.05) is 0 Å².